The van der Waals surface area contributed by atoms with Crippen LogP contribution in [0.4, 0.5) is 38.9 Å². The van der Waals surface area contributed by atoms with Gasteiger partial charge in [0.15, 0.2) is 17.5 Å². The number of fused-ring (bicyclic) bond motifs is 1. The first kappa shape index (κ1) is 93.1. The minimum atomic E-state index is -1.23. The lowest BCUT2D eigenvalue weighted by Gasteiger charge is -2.22. The number of aliphatic hydroxyl groups is 1. The van der Waals surface area contributed by atoms with Gasteiger partial charge >= 0.3 is 0 Å². The molecule has 0 atom stereocenters. The number of nitrogens with zero attached hydrogens (tertiary/aromatic N) is 9. The van der Waals surface area contributed by atoms with E-state index in [0.29, 0.717) is 154 Å². The van der Waals surface area contributed by atoms with E-state index in [1.165, 1.54) is 61.3 Å². The number of pyridine rings is 1. The summed E-state index contributed by atoms with van der Waals surface area (Å²) in [5, 5.41) is 35.7. The van der Waals surface area contributed by atoms with Gasteiger partial charge in [-0.3, -0.25) is 47.9 Å². The number of aryl methyl sites for hydroxylation is 8. The van der Waals surface area contributed by atoms with Crippen molar-refractivity contribution in [1.82, 2.24) is 63.3 Å². The molecule has 0 spiro atoms. The predicted molar refractivity (Wildman–Crippen MR) is 454 cm³/mol. The molecule has 40 heteroatoms. The van der Waals surface area contributed by atoms with Crippen LogP contribution in [0.15, 0.2) is 121 Å². The van der Waals surface area contributed by atoms with E-state index >= 15 is 0 Å². The Morgan fingerprint density at radius 3 is 1.54 bits per heavy atom. The number of ether oxygens (including phenoxy) is 9. The lowest BCUT2D eigenvalue weighted by atomic mass is 9.93. The summed E-state index contributed by atoms with van der Waals surface area (Å²) >= 11 is 0. The van der Waals surface area contributed by atoms with Crippen LogP contribution in [0.25, 0.3) is 22.0 Å². The number of amides is 9. The van der Waals surface area contributed by atoms with Crippen LogP contribution in [-0.4, -0.2) is 224 Å². The number of aromatic nitrogens is 10. The second-order valence-electron chi connectivity index (χ2n) is 29.1. The molecule has 0 aliphatic heterocycles. The highest BCUT2D eigenvalue weighted by Gasteiger charge is 2.26. The van der Waals surface area contributed by atoms with Gasteiger partial charge in [0.05, 0.1) is 109 Å². The Labute approximate surface area is 712 Å². The molecule has 0 fully saturated rings. The van der Waals surface area contributed by atoms with E-state index < -0.39 is 52.9 Å². The molecule has 10 aromatic rings. The van der Waals surface area contributed by atoms with E-state index in [9.17, 15) is 57.4 Å². The first-order valence-electron chi connectivity index (χ1n) is 39.8. The molecule has 124 heavy (non-hydrogen) atoms. The quantitative estimate of drug-likeness (QED) is 0.0181. The maximum atomic E-state index is 14.3. The Balaban J connectivity index is 0.486. The Morgan fingerprint density at radius 2 is 0.968 bits per heavy atom. The smallest absolute Gasteiger partial charge is 0.291 e. The van der Waals surface area contributed by atoms with Gasteiger partial charge in [-0.15, -0.1) is 0 Å². The molecule has 11 N–H and O–H groups in total. The summed E-state index contributed by atoms with van der Waals surface area (Å²) in [7, 11) is 9.67. The summed E-state index contributed by atoms with van der Waals surface area (Å²) in [4.78, 5) is 145. The van der Waals surface area contributed by atoms with Crippen LogP contribution >= 0.6 is 0 Å². The van der Waals surface area contributed by atoms with E-state index in [2.05, 4.69) is 67.8 Å². The molecule has 3 aromatic carbocycles. The zero-order valence-electron chi connectivity index (χ0n) is 70.6. The molecule has 10 rings (SSSR count). The maximum absolute atomic E-state index is 14.3. The van der Waals surface area contributed by atoms with Crippen LogP contribution in [0, 0.1) is 19.7 Å². The average Bonchev–Trinajstić information content (AvgIpc) is 1.62. The molecule has 0 aliphatic rings. The van der Waals surface area contributed by atoms with Crippen molar-refractivity contribution in [2.45, 2.75) is 59.0 Å². The van der Waals surface area contributed by atoms with Crippen LogP contribution in [-0.2, 0) is 100 Å². The number of carbonyl (C=O) groups excluding carboxylic acids is 9. The van der Waals surface area contributed by atoms with Crippen molar-refractivity contribution in [3.63, 3.8) is 0 Å². The van der Waals surface area contributed by atoms with Crippen LogP contribution in [0.3, 0.4) is 0 Å². The van der Waals surface area contributed by atoms with Gasteiger partial charge in [-0.1, -0.05) is 6.07 Å². The lowest BCUT2D eigenvalue weighted by Crippen LogP contribution is -2.33. The summed E-state index contributed by atoms with van der Waals surface area (Å²) in [6.07, 6.45) is 10.2. The number of carbonyl (C=O) groups is 9. The molecule has 7 aromatic heterocycles. The molecule has 0 radical (unpaired) electrons. The number of hydrogen-bond donors (Lipinski definition) is 11. The predicted octanol–water partition coefficient (Wildman–Crippen LogP) is 6.49. The van der Waals surface area contributed by atoms with Crippen molar-refractivity contribution in [3.8, 4) is 28.4 Å². The third kappa shape index (κ3) is 27.4. The standard InChI is InChI=1S/C84H104FN19O20/c1-52-41-55(85)42-53(2)74(52)124-65-16-11-54(84(3,4)115)43-60(65)62-49-104(10)83(114)73-61(62)46-63(93-73)78(109)90-56-12-14-59(15-13-56)123-40-39-122-38-37-121-36-35-120-34-33-119-32-31-118-30-29-117-28-27-116-26-24-86-69(105)19-21-89-80(111)76-96-67(50-102(76)8)95-72(108)20-22-88-79(110)64-44-57(47-100(64)6)91-82(113)77-97-66(51-103(77)9)94-70(106)17-18-71(107)98-68-45-58(48-101(68)7)92-81(112)75-87-23-25-99(75)5/h11-16,23,25,41-51,93,115H,17-22,24,26-40H2,1-10H3,(H,86,105)(H,88,110)(H,89,111)(H,90,109)(H,91,113)(H,92,112)(H,94,106)(H,95,108)(H,98,107). The van der Waals surface area contributed by atoms with E-state index in [4.69, 9.17) is 42.6 Å². The minimum Gasteiger partial charge on any atom is -0.491 e. The van der Waals surface area contributed by atoms with Gasteiger partial charge in [-0.2, -0.15) is 0 Å². The second-order valence-corrected chi connectivity index (χ2v) is 29.1. The van der Waals surface area contributed by atoms with E-state index in [0.717, 1.165) is 0 Å². The van der Waals surface area contributed by atoms with Gasteiger partial charge in [0.2, 0.25) is 35.3 Å². The molecular weight excluding hydrogens is 1610 g/mol. The zero-order chi connectivity index (χ0) is 89.0. The van der Waals surface area contributed by atoms with Gasteiger partial charge in [0, 0.05) is 159 Å². The Bertz CT molecular complexity index is 5440. The second kappa shape index (κ2) is 45.1. The number of hydrogen-bond acceptors (Lipinski definition) is 23. The van der Waals surface area contributed by atoms with E-state index in [1.807, 2.05) is 0 Å². The highest BCUT2D eigenvalue weighted by molar-refractivity contribution is 6.09. The van der Waals surface area contributed by atoms with Crippen molar-refractivity contribution < 1.29 is 95.3 Å². The molecule has 0 saturated carbocycles. The number of rotatable bonds is 49. The Kier molecular flexibility index (Phi) is 33.8. The number of halogens is 1. The molecular formula is C84H104FN19O20. The third-order valence-electron chi connectivity index (χ3n) is 18.8. The van der Waals surface area contributed by atoms with Crippen LogP contribution < -0.4 is 62.9 Å². The largest absolute Gasteiger partial charge is 0.491 e. The first-order chi connectivity index (χ1) is 59.4. The number of H-pyrrole nitrogens is 1. The SMILES string of the molecule is Cc1cc(F)cc(C)c1Oc1ccc(C(C)(C)O)cc1-c1cn(C)c(=O)c2[nH]c(C(=O)Nc3ccc(OCCOCCOCCOCCOCCOCCOCCOCCNC(=O)CCNC(=O)c4nc(NC(=O)CCNC(=O)c5cc(NC(=O)c6nc(NC(=O)CCC(=O)Nc7cc(NC(=O)c8nccn8C)cn7C)cn6C)cn5C)cn4C)cc3)cc12. The Morgan fingerprint density at radius 1 is 0.460 bits per heavy atom. The highest BCUT2D eigenvalue weighted by atomic mass is 19.1. The molecule has 7 heterocycles. The number of imidazole rings is 3. The minimum absolute atomic E-state index is 0.00983. The molecule has 0 aliphatic carbocycles. The fraction of sp³-hybridized carbons (Fsp3) is 0.393. The highest BCUT2D eigenvalue weighted by Crippen LogP contribution is 2.41. The van der Waals surface area contributed by atoms with Crippen LogP contribution in [0.1, 0.15) is 109 Å². The monoisotopic (exact) mass is 1720 g/mol. The summed E-state index contributed by atoms with van der Waals surface area (Å²) in [6.45, 7) is 12.2. The van der Waals surface area contributed by atoms with Gasteiger partial charge in [0.1, 0.15) is 52.4 Å². The van der Waals surface area contributed by atoms with Crippen LogP contribution in [0.5, 0.6) is 17.2 Å². The molecule has 662 valence electrons. The van der Waals surface area contributed by atoms with Crippen LogP contribution in [0.2, 0.25) is 0 Å². The summed E-state index contributed by atoms with van der Waals surface area (Å²) in [5.41, 5.74) is 2.92. The van der Waals surface area contributed by atoms with E-state index in [1.54, 1.807) is 152 Å². The van der Waals surface area contributed by atoms with Crippen molar-refractivity contribution in [3.05, 3.63) is 178 Å². The number of benzene rings is 3. The molecule has 39 nitrogen and oxygen atoms in total. The van der Waals surface area contributed by atoms with Crippen molar-refractivity contribution in [2.24, 2.45) is 42.3 Å². The van der Waals surface area contributed by atoms with Crippen molar-refractivity contribution >= 4 is 98.6 Å². The van der Waals surface area contributed by atoms with E-state index in [-0.39, 0.29) is 128 Å². The maximum Gasteiger partial charge on any atom is 0.291 e. The zero-order valence-corrected chi connectivity index (χ0v) is 70.6. The normalized spacial score (nSPS) is 11.4. The topological polar surface area (TPSA) is 466 Å². The number of nitrogens with one attached hydrogen (secondary N) is 10. The molecule has 0 unspecified atom stereocenters. The fourth-order valence-corrected chi connectivity index (χ4v) is 12.5. The Hall–Kier alpha value is -13.2. The lowest BCUT2D eigenvalue weighted by molar-refractivity contribution is -0.121. The average molecular weight is 1720 g/mol. The molecule has 9 amide bonds. The van der Waals surface area contributed by atoms with Gasteiger partial charge in [-0.25, -0.2) is 19.3 Å². The van der Waals surface area contributed by atoms with Gasteiger partial charge in [0.25, 0.3) is 35.1 Å². The fourth-order valence-electron chi connectivity index (χ4n) is 12.5. The number of anilines is 6. The molecule has 0 saturated heterocycles. The first-order valence-corrected chi connectivity index (χ1v) is 39.8. The van der Waals surface area contributed by atoms with Gasteiger partial charge < -0.3 is 128 Å². The number of aromatic amines is 1. The summed E-state index contributed by atoms with van der Waals surface area (Å²) in [6, 6.07) is 19.4. The summed E-state index contributed by atoms with van der Waals surface area (Å²) in [5.74, 6) is -2.82. The van der Waals surface area contributed by atoms with Gasteiger partial charge in [-0.05, 0) is 105 Å². The van der Waals surface area contributed by atoms with Crippen molar-refractivity contribution in [2.75, 3.05) is 151 Å². The summed E-state index contributed by atoms with van der Waals surface area (Å²) < 4.78 is 74.4. The van der Waals surface area contributed by atoms with Crippen molar-refractivity contribution in [1.29, 1.82) is 0 Å². The third-order valence-corrected chi connectivity index (χ3v) is 18.8. The molecule has 0 bridgehead atoms.